The molecule has 5 heteroatoms. The number of nitrogens with two attached hydrogens (primary N) is 1. The standard InChI is InChI=1S/C16H26N2O2S/c1-11-12(9-17)7-6-8-13(11)21(19,20)18-10-14-15(2,3)16(14,4)5/h6-8,14,18H,9-10,17H2,1-5H3. The van der Waals surface area contributed by atoms with Crippen molar-refractivity contribution >= 4 is 10.0 Å². The second kappa shape index (κ2) is 5.07. The molecular formula is C16H26N2O2S. The Morgan fingerprint density at radius 3 is 2.24 bits per heavy atom. The molecule has 0 spiro atoms. The highest BCUT2D eigenvalue weighted by molar-refractivity contribution is 7.89. The lowest BCUT2D eigenvalue weighted by Crippen LogP contribution is -2.28. The summed E-state index contributed by atoms with van der Waals surface area (Å²) in [6.07, 6.45) is 0. The lowest BCUT2D eigenvalue weighted by molar-refractivity contribution is 0.457. The minimum absolute atomic E-state index is 0.170. The van der Waals surface area contributed by atoms with Gasteiger partial charge in [0.2, 0.25) is 10.0 Å². The molecule has 0 atom stereocenters. The zero-order chi connectivity index (χ0) is 16.1. The van der Waals surface area contributed by atoms with Gasteiger partial charge in [0, 0.05) is 13.1 Å². The van der Waals surface area contributed by atoms with Crippen molar-refractivity contribution in [1.29, 1.82) is 0 Å². The molecule has 4 nitrogen and oxygen atoms in total. The molecule has 3 N–H and O–H groups in total. The van der Waals surface area contributed by atoms with Gasteiger partial charge in [0.15, 0.2) is 0 Å². The zero-order valence-corrected chi connectivity index (χ0v) is 14.3. The molecule has 0 aliphatic heterocycles. The van der Waals surface area contributed by atoms with Gasteiger partial charge in [0.05, 0.1) is 4.90 Å². The molecule has 0 unspecified atom stereocenters. The van der Waals surface area contributed by atoms with Gasteiger partial charge in [0.25, 0.3) is 0 Å². The van der Waals surface area contributed by atoms with Crippen LogP contribution < -0.4 is 10.5 Å². The van der Waals surface area contributed by atoms with Crippen LogP contribution in [0.5, 0.6) is 0 Å². The van der Waals surface area contributed by atoms with Crippen molar-refractivity contribution in [1.82, 2.24) is 4.72 Å². The van der Waals surface area contributed by atoms with E-state index < -0.39 is 10.0 Å². The number of benzene rings is 1. The van der Waals surface area contributed by atoms with Crippen LogP contribution in [0.2, 0.25) is 0 Å². The molecule has 1 aliphatic carbocycles. The normalized spacial score (nSPS) is 20.5. The van der Waals surface area contributed by atoms with E-state index in [1.54, 1.807) is 12.1 Å². The molecule has 1 saturated carbocycles. The number of sulfonamides is 1. The van der Waals surface area contributed by atoms with Crippen molar-refractivity contribution in [2.45, 2.75) is 46.1 Å². The molecule has 2 rings (SSSR count). The lowest BCUT2D eigenvalue weighted by Gasteiger charge is -2.12. The number of hydrogen-bond acceptors (Lipinski definition) is 3. The molecule has 21 heavy (non-hydrogen) atoms. The third kappa shape index (κ3) is 2.62. The highest BCUT2D eigenvalue weighted by Crippen LogP contribution is 2.67. The Labute approximate surface area is 128 Å². The topological polar surface area (TPSA) is 72.2 Å². The van der Waals surface area contributed by atoms with Crippen LogP contribution in [0.1, 0.15) is 38.8 Å². The molecule has 1 fully saturated rings. The van der Waals surface area contributed by atoms with Crippen LogP contribution >= 0.6 is 0 Å². The Morgan fingerprint density at radius 2 is 1.76 bits per heavy atom. The first kappa shape index (κ1) is 16.5. The van der Waals surface area contributed by atoms with Gasteiger partial charge >= 0.3 is 0 Å². The lowest BCUT2D eigenvalue weighted by atomic mass is 10.0. The third-order valence-electron chi connectivity index (χ3n) is 5.70. The molecule has 0 aromatic heterocycles. The van der Waals surface area contributed by atoms with Gasteiger partial charge in [-0.2, -0.15) is 0 Å². The van der Waals surface area contributed by atoms with Crippen LogP contribution in [-0.4, -0.2) is 15.0 Å². The van der Waals surface area contributed by atoms with Gasteiger partial charge in [0.1, 0.15) is 0 Å². The fraction of sp³-hybridized carbons (Fsp3) is 0.625. The molecule has 1 aromatic rings. The third-order valence-corrected chi connectivity index (χ3v) is 7.27. The van der Waals surface area contributed by atoms with Crippen molar-refractivity contribution in [3.63, 3.8) is 0 Å². The predicted molar refractivity (Wildman–Crippen MR) is 85.3 cm³/mol. The summed E-state index contributed by atoms with van der Waals surface area (Å²) in [5, 5.41) is 0. The quantitative estimate of drug-likeness (QED) is 0.877. The smallest absolute Gasteiger partial charge is 0.240 e. The summed E-state index contributed by atoms with van der Waals surface area (Å²) < 4.78 is 27.8. The second-order valence-electron chi connectivity index (χ2n) is 7.09. The van der Waals surface area contributed by atoms with Crippen molar-refractivity contribution in [3.8, 4) is 0 Å². The van der Waals surface area contributed by atoms with E-state index in [0.29, 0.717) is 23.9 Å². The average molecular weight is 310 g/mol. The monoisotopic (exact) mass is 310 g/mol. The van der Waals surface area contributed by atoms with Crippen LogP contribution in [0.4, 0.5) is 0 Å². The van der Waals surface area contributed by atoms with E-state index in [4.69, 9.17) is 5.73 Å². The van der Waals surface area contributed by atoms with Crippen molar-refractivity contribution in [3.05, 3.63) is 29.3 Å². The molecule has 0 heterocycles. The Bertz CT molecular complexity index is 634. The van der Waals surface area contributed by atoms with Gasteiger partial charge in [-0.15, -0.1) is 0 Å². The van der Waals surface area contributed by atoms with Gasteiger partial charge in [-0.3, -0.25) is 0 Å². The maximum Gasteiger partial charge on any atom is 0.240 e. The molecule has 1 aliphatic rings. The fourth-order valence-electron chi connectivity index (χ4n) is 3.29. The van der Waals surface area contributed by atoms with Gasteiger partial charge in [-0.25, -0.2) is 13.1 Å². The van der Waals surface area contributed by atoms with E-state index >= 15 is 0 Å². The Balaban J connectivity index is 2.18. The maximum absolute atomic E-state index is 12.5. The summed E-state index contributed by atoms with van der Waals surface area (Å²) in [4.78, 5) is 0.335. The second-order valence-corrected chi connectivity index (χ2v) is 8.83. The first-order valence-corrected chi connectivity index (χ1v) is 8.82. The first-order valence-electron chi connectivity index (χ1n) is 7.34. The summed E-state index contributed by atoms with van der Waals surface area (Å²) in [5.74, 6) is 0.359. The SMILES string of the molecule is Cc1c(CN)cccc1S(=O)(=O)NCC1C(C)(C)C1(C)C. The van der Waals surface area contributed by atoms with E-state index in [1.165, 1.54) is 0 Å². The van der Waals surface area contributed by atoms with E-state index in [-0.39, 0.29) is 10.8 Å². The summed E-state index contributed by atoms with van der Waals surface area (Å²) in [6, 6.07) is 5.25. The van der Waals surface area contributed by atoms with Crippen LogP contribution in [0, 0.1) is 23.7 Å². The number of hydrogen-bond donors (Lipinski definition) is 2. The summed E-state index contributed by atoms with van der Waals surface area (Å²) in [5.41, 5.74) is 7.60. The molecule has 118 valence electrons. The van der Waals surface area contributed by atoms with Crippen LogP contribution in [0.3, 0.4) is 0 Å². The van der Waals surface area contributed by atoms with Gasteiger partial charge in [-0.05, 0) is 40.9 Å². The summed E-state index contributed by atoms with van der Waals surface area (Å²) in [7, 11) is -3.48. The molecule has 0 bridgehead atoms. The highest BCUT2D eigenvalue weighted by Gasteiger charge is 2.64. The Morgan fingerprint density at radius 1 is 1.19 bits per heavy atom. The van der Waals surface area contributed by atoms with E-state index in [9.17, 15) is 8.42 Å². The fourth-order valence-corrected chi connectivity index (χ4v) is 4.62. The van der Waals surface area contributed by atoms with Gasteiger partial charge < -0.3 is 5.73 Å². The summed E-state index contributed by atoms with van der Waals surface area (Å²) in [6.45, 7) is 11.4. The van der Waals surface area contributed by atoms with E-state index in [0.717, 1.165) is 11.1 Å². The Hall–Kier alpha value is -0.910. The van der Waals surface area contributed by atoms with E-state index in [1.807, 2.05) is 13.0 Å². The Kier molecular flexibility index (Phi) is 3.98. The largest absolute Gasteiger partial charge is 0.326 e. The van der Waals surface area contributed by atoms with Crippen LogP contribution in [0.25, 0.3) is 0 Å². The van der Waals surface area contributed by atoms with Crippen molar-refractivity contribution in [2.75, 3.05) is 6.54 Å². The highest BCUT2D eigenvalue weighted by atomic mass is 32.2. The average Bonchev–Trinajstić information content (AvgIpc) is 2.77. The van der Waals surface area contributed by atoms with Gasteiger partial charge in [-0.1, -0.05) is 39.8 Å². The maximum atomic E-state index is 12.5. The molecule has 0 radical (unpaired) electrons. The van der Waals surface area contributed by atoms with Crippen molar-refractivity contribution in [2.24, 2.45) is 22.5 Å². The molecule has 0 saturated heterocycles. The molecule has 0 amide bonds. The van der Waals surface area contributed by atoms with Crippen molar-refractivity contribution < 1.29 is 8.42 Å². The van der Waals surface area contributed by atoms with Crippen LogP contribution in [0.15, 0.2) is 23.1 Å². The van der Waals surface area contributed by atoms with E-state index in [2.05, 4.69) is 32.4 Å². The van der Waals surface area contributed by atoms with Crippen LogP contribution in [-0.2, 0) is 16.6 Å². The first-order chi connectivity index (χ1) is 9.55. The minimum Gasteiger partial charge on any atom is -0.326 e. The molecular weight excluding hydrogens is 284 g/mol. The zero-order valence-electron chi connectivity index (χ0n) is 13.5. The minimum atomic E-state index is -3.48. The predicted octanol–water partition coefficient (Wildman–Crippen LogP) is 2.41. The summed E-state index contributed by atoms with van der Waals surface area (Å²) >= 11 is 0. The molecule has 1 aromatic carbocycles. The number of nitrogens with one attached hydrogen (secondary N) is 1. The number of rotatable bonds is 5.